The first kappa shape index (κ1) is 49.7. The number of aliphatic imine (C=N–C) groups is 1. The molecule has 10 nitrogen and oxygen atoms in total. The topological polar surface area (TPSA) is 143 Å². The molecule has 0 amide bonds. The molecule has 2 aromatic heterocycles. The average Bonchev–Trinajstić information content (AvgIpc) is 4.09. The van der Waals surface area contributed by atoms with Gasteiger partial charge in [-0.3, -0.25) is 14.6 Å². The van der Waals surface area contributed by atoms with Crippen molar-refractivity contribution in [1.82, 2.24) is 9.55 Å². The van der Waals surface area contributed by atoms with Crippen molar-refractivity contribution in [2.75, 3.05) is 19.5 Å². The molecule has 0 radical (unpaired) electrons. The number of methoxy groups -OCH3 is 1. The van der Waals surface area contributed by atoms with Gasteiger partial charge >= 0.3 is 5.97 Å². The molecule has 9 rings (SSSR count). The summed E-state index contributed by atoms with van der Waals surface area (Å²) in [6.07, 6.45) is 11.8. The van der Waals surface area contributed by atoms with E-state index in [1.165, 1.54) is 5.56 Å². The molecule has 0 unspecified atom stereocenters. The number of fused-ring (bicyclic) bond motifs is 4. The summed E-state index contributed by atoms with van der Waals surface area (Å²) in [5.41, 5.74) is 8.98. The largest absolute Gasteiger partial charge is 0.493 e. The van der Waals surface area contributed by atoms with Crippen LogP contribution in [0.25, 0.3) is 23.1 Å². The van der Waals surface area contributed by atoms with Crippen LogP contribution in [-0.4, -0.2) is 68.2 Å². The van der Waals surface area contributed by atoms with Crippen molar-refractivity contribution in [3.8, 4) is 11.5 Å². The minimum absolute atomic E-state index is 0.0525. The number of aliphatic hydroxyl groups is 2. The zero-order valence-electron chi connectivity index (χ0n) is 40.0. The maximum Gasteiger partial charge on any atom is 0.303 e. The van der Waals surface area contributed by atoms with Gasteiger partial charge in [0.05, 0.1) is 54.8 Å². The summed E-state index contributed by atoms with van der Waals surface area (Å²) in [4.78, 5) is 33.1. The zero-order chi connectivity index (χ0) is 48.9. The average molecular weight is 969 g/mol. The summed E-state index contributed by atoms with van der Waals surface area (Å²) in [6, 6.07) is 34.0. The van der Waals surface area contributed by atoms with Gasteiger partial charge in [0.1, 0.15) is 0 Å². The number of benzene rings is 4. The molecule has 69 heavy (non-hydrogen) atoms. The Bertz CT molecular complexity index is 2940. The molecule has 6 aromatic rings. The molecule has 0 spiro atoms. The highest BCUT2D eigenvalue weighted by Crippen LogP contribution is 2.53. The summed E-state index contributed by atoms with van der Waals surface area (Å²) in [5.74, 6) is 1.65. The molecular weight excluding hydrogens is 906 g/mol. The predicted molar refractivity (Wildman–Crippen MR) is 279 cm³/mol. The number of nitrogens with zero attached hydrogens (tertiary/aromatic N) is 3. The van der Waals surface area contributed by atoms with E-state index in [4.69, 9.17) is 31.1 Å². The van der Waals surface area contributed by atoms with Gasteiger partial charge in [0.15, 0.2) is 11.5 Å². The van der Waals surface area contributed by atoms with Crippen LogP contribution in [0.3, 0.4) is 0 Å². The first-order chi connectivity index (χ1) is 33.1. The normalized spacial score (nSPS) is 18.6. The monoisotopic (exact) mass is 967 g/mol. The molecule has 12 heteroatoms. The second-order valence-electron chi connectivity index (χ2n) is 19.2. The maximum atomic E-state index is 11.8. The number of hydrogen-bond acceptors (Lipinski definition) is 9. The third-order valence-electron chi connectivity index (χ3n) is 13.6. The first-order valence-electron chi connectivity index (χ1n) is 23.9. The summed E-state index contributed by atoms with van der Waals surface area (Å²) in [7, 11) is 3.37. The molecule has 3 aliphatic rings. The van der Waals surface area contributed by atoms with Gasteiger partial charge in [-0.25, -0.2) is 4.98 Å². The van der Waals surface area contributed by atoms with Gasteiger partial charge in [-0.05, 0) is 141 Å². The minimum atomic E-state index is -0.911. The van der Waals surface area contributed by atoms with Crippen molar-refractivity contribution in [2.24, 2.45) is 17.5 Å². The number of aliphatic carboxylic acids is 1. The molecule has 360 valence electrons. The third-order valence-corrected chi connectivity index (χ3v) is 15.5. The Labute approximate surface area is 414 Å². The number of aryl methyl sites for hydroxylation is 2. The van der Waals surface area contributed by atoms with Crippen molar-refractivity contribution in [3.63, 3.8) is 0 Å². The number of halogens is 1. The van der Waals surface area contributed by atoms with Gasteiger partial charge in [0.25, 0.3) is 0 Å². The van der Waals surface area contributed by atoms with Crippen LogP contribution in [0.5, 0.6) is 11.5 Å². The Morgan fingerprint density at radius 2 is 1.78 bits per heavy atom. The van der Waals surface area contributed by atoms with E-state index in [9.17, 15) is 24.9 Å². The molecule has 3 heterocycles. The lowest BCUT2D eigenvalue weighted by Crippen LogP contribution is -2.34. The number of ether oxygens (including phenoxy) is 2. The number of aromatic nitrogens is 2. The lowest BCUT2D eigenvalue weighted by Gasteiger charge is -2.37. The molecule has 2 fully saturated rings. The maximum absolute atomic E-state index is 11.8. The lowest BCUT2D eigenvalue weighted by molar-refractivity contribution is -0.138. The van der Waals surface area contributed by atoms with E-state index < -0.39 is 11.6 Å². The third kappa shape index (κ3) is 12.2. The van der Waals surface area contributed by atoms with E-state index in [1.807, 2.05) is 105 Å². The first-order valence-corrected chi connectivity index (χ1v) is 25.3. The van der Waals surface area contributed by atoms with Gasteiger partial charge < -0.3 is 29.4 Å². The number of rotatable bonds is 16. The van der Waals surface area contributed by atoms with Gasteiger partial charge in [0, 0.05) is 57.8 Å². The molecule has 2 saturated carbocycles. The van der Waals surface area contributed by atoms with E-state index in [0.717, 1.165) is 100.0 Å². The van der Waals surface area contributed by atoms with Crippen LogP contribution in [0, 0.1) is 5.41 Å². The Kier molecular flexibility index (Phi) is 15.5. The summed E-state index contributed by atoms with van der Waals surface area (Å²) < 4.78 is 12.9. The van der Waals surface area contributed by atoms with Gasteiger partial charge in [0.2, 0.25) is 5.56 Å². The molecule has 0 bridgehead atoms. The van der Waals surface area contributed by atoms with Crippen LogP contribution >= 0.6 is 23.4 Å². The molecule has 0 saturated heterocycles. The number of hydrogen-bond donors (Lipinski definition) is 3. The minimum Gasteiger partial charge on any atom is -0.493 e. The fraction of sp³-hybridized carbons (Fsp3) is 0.368. The van der Waals surface area contributed by atoms with E-state index in [1.54, 1.807) is 24.8 Å². The quantitative estimate of drug-likeness (QED) is 0.0863. The van der Waals surface area contributed by atoms with Gasteiger partial charge in [-0.2, -0.15) is 11.8 Å². The van der Waals surface area contributed by atoms with Crippen molar-refractivity contribution < 1.29 is 29.6 Å². The predicted octanol–water partition coefficient (Wildman–Crippen LogP) is 11.6. The number of carbonyl (C=O) groups is 1. The Hall–Kier alpha value is -5.72. The number of pyridine rings is 2. The standard InChI is InChI=1S/C35H36ClNO3S.C22H26N2O4/c1-34(2,40)30-9-4-3-7-25(30)13-17-32(41-23-35(18-19-35)22-33(38)39)27-8-5-6-24(20-27)10-15-29-16-12-26-11-14-28(36)21-31(26)37-29;1-4-28-20-10-15-16-9-14(25)6-7-18(16)23-22(17(15)11-19(20)27-3)13-5-8-21(26)24(2)12-13/h3-12,14-16,20-21,32,40H,13,17-19,22-23H2,1-2H3,(H,38,39);5,8,10-12,14,16,18,25H,4,6-7,9H2,1-3H3/b15-10+;/t32-;14-,16-,18-/m11/s1. The van der Waals surface area contributed by atoms with Crippen molar-refractivity contribution in [3.05, 3.63) is 169 Å². The Morgan fingerprint density at radius 3 is 2.52 bits per heavy atom. The molecule has 2 aliphatic carbocycles. The highest BCUT2D eigenvalue weighted by atomic mass is 35.5. The zero-order valence-corrected chi connectivity index (χ0v) is 41.6. The molecule has 4 aromatic carbocycles. The lowest BCUT2D eigenvalue weighted by atomic mass is 9.74. The van der Waals surface area contributed by atoms with E-state index >= 15 is 0 Å². The fourth-order valence-corrected chi connectivity index (χ4v) is 11.4. The van der Waals surface area contributed by atoms with E-state index in [0.29, 0.717) is 29.5 Å². The summed E-state index contributed by atoms with van der Waals surface area (Å²) >= 11 is 8.04. The fourth-order valence-electron chi connectivity index (χ4n) is 9.69. The molecule has 1 aliphatic heterocycles. The van der Waals surface area contributed by atoms with Crippen molar-refractivity contribution in [1.29, 1.82) is 0 Å². The van der Waals surface area contributed by atoms with Crippen LogP contribution in [0.2, 0.25) is 5.02 Å². The summed E-state index contributed by atoms with van der Waals surface area (Å²) in [6.45, 7) is 6.16. The Morgan fingerprint density at radius 1 is 0.986 bits per heavy atom. The van der Waals surface area contributed by atoms with Crippen molar-refractivity contribution in [2.45, 2.75) is 101 Å². The second-order valence-corrected chi connectivity index (χ2v) is 20.8. The Balaban J connectivity index is 0.000000200. The van der Waals surface area contributed by atoms with Crippen LogP contribution in [0.4, 0.5) is 0 Å². The SMILES string of the molecule is CC(C)(O)c1ccccc1CC[C@@H](SCC1(CC(=O)O)CC1)c1cccc(/C=C/c2ccc3ccc(Cl)cc3n2)c1.CCOc1cc2c(cc1OC)C(c1ccc(=O)n(C)c1)=N[C@@H]1CC[C@@H](O)C[C@H]21. The number of carboxylic acid groups (broad SMARTS) is 1. The highest BCUT2D eigenvalue weighted by Gasteiger charge is 2.45. The summed E-state index contributed by atoms with van der Waals surface area (Å²) in [5, 5.41) is 32.4. The van der Waals surface area contributed by atoms with Gasteiger partial charge in [-0.1, -0.05) is 78.3 Å². The van der Waals surface area contributed by atoms with Crippen molar-refractivity contribution >= 4 is 58.1 Å². The molecular formula is C57H62ClN3O7S. The second kappa shape index (κ2) is 21.5. The van der Waals surface area contributed by atoms with Crippen LogP contribution in [0.1, 0.15) is 122 Å². The highest BCUT2D eigenvalue weighted by molar-refractivity contribution is 7.99. The van der Waals surface area contributed by atoms with Gasteiger partial charge in [-0.15, -0.1) is 0 Å². The van der Waals surface area contributed by atoms with E-state index in [2.05, 4.69) is 42.5 Å². The van der Waals surface area contributed by atoms with E-state index in [-0.39, 0.29) is 40.7 Å². The van der Waals surface area contributed by atoms with Crippen LogP contribution < -0.4 is 15.0 Å². The number of carboxylic acids is 1. The number of thioether (sulfide) groups is 1. The van der Waals surface area contributed by atoms with Crippen LogP contribution in [0.15, 0.2) is 119 Å². The molecule has 3 N–H and O–H groups in total. The smallest absolute Gasteiger partial charge is 0.303 e. The number of aliphatic hydroxyl groups excluding tert-OH is 1. The van der Waals surface area contributed by atoms with Crippen LogP contribution in [-0.2, 0) is 23.9 Å². The molecule has 4 atom stereocenters.